The van der Waals surface area contributed by atoms with Gasteiger partial charge < -0.3 is 15.1 Å². The molecule has 2 fully saturated rings. The number of urea groups is 1. The smallest absolute Gasteiger partial charge is 0.325 e. The molecule has 0 atom stereocenters. The van der Waals surface area contributed by atoms with Crippen LogP contribution in [0, 0.1) is 5.92 Å². The summed E-state index contributed by atoms with van der Waals surface area (Å²) in [6, 6.07) is -0.479. The molecule has 0 aromatic carbocycles. The van der Waals surface area contributed by atoms with Crippen LogP contribution in [0.5, 0.6) is 0 Å². The van der Waals surface area contributed by atoms with Crippen molar-refractivity contribution in [2.24, 2.45) is 5.92 Å². The second-order valence-corrected chi connectivity index (χ2v) is 6.62. The van der Waals surface area contributed by atoms with Crippen molar-refractivity contribution in [3.05, 3.63) is 0 Å². The van der Waals surface area contributed by atoms with Crippen molar-refractivity contribution < 1.29 is 14.4 Å². The number of amides is 4. The molecule has 23 heavy (non-hydrogen) atoms. The van der Waals surface area contributed by atoms with Crippen LogP contribution >= 0.6 is 12.4 Å². The monoisotopic (exact) mass is 346 g/mol. The maximum absolute atomic E-state index is 12.4. The largest absolute Gasteiger partial charge is 0.341 e. The molecule has 0 radical (unpaired) electrons. The topological polar surface area (TPSA) is 81.8 Å². The molecule has 0 unspecified atom stereocenters. The number of halogens is 1. The minimum absolute atomic E-state index is 0. The average molecular weight is 347 g/mol. The maximum Gasteiger partial charge on any atom is 0.325 e. The molecule has 8 heteroatoms. The van der Waals surface area contributed by atoms with Gasteiger partial charge in [-0.05, 0) is 52.6 Å². The normalized spacial score (nSPS) is 21.2. The highest BCUT2D eigenvalue weighted by atomic mass is 35.5. The molecular formula is C15H27ClN4O3. The molecule has 2 N–H and O–H groups in total. The van der Waals surface area contributed by atoms with Crippen molar-refractivity contribution in [1.29, 1.82) is 0 Å². The lowest BCUT2D eigenvalue weighted by Gasteiger charge is -2.34. The van der Waals surface area contributed by atoms with E-state index in [0.29, 0.717) is 5.92 Å². The van der Waals surface area contributed by atoms with Crippen molar-refractivity contribution in [3.63, 3.8) is 0 Å². The number of nitrogens with one attached hydrogen (secondary N) is 2. The zero-order valence-corrected chi connectivity index (χ0v) is 14.9. The van der Waals surface area contributed by atoms with Crippen molar-refractivity contribution >= 4 is 30.3 Å². The van der Waals surface area contributed by atoms with Crippen LogP contribution in [-0.2, 0) is 9.59 Å². The quantitative estimate of drug-likeness (QED) is 0.714. The fourth-order valence-electron chi connectivity index (χ4n) is 3.02. The Morgan fingerprint density at radius 1 is 1.30 bits per heavy atom. The van der Waals surface area contributed by atoms with Crippen LogP contribution in [0.1, 0.15) is 33.1 Å². The van der Waals surface area contributed by atoms with Gasteiger partial charge in [0.2, 0.25) is 5.91 Å². The molecule has 0 aliphatic carbocycles. The third kappa shape index (κ3) is 4.35. The van der Waals surface area contributed by atoms with Crippen molar-refractivity contribution in [1.82, 2.24) is 20.4 Å². The highest BCUT2D eigenvalue weighted by Gasteiger charge is 2.46. The number of likely N-dealkylation sites (tertiary alicyclic amines) is 1. The Labute approximate surface area is 143 Å². The van der Waals surface area contributed by atoms with Gasteiger partial charge in [-0.3, -0.25) is 14.9 Å². The van der Waals surface area contributed by atoms with Crippen LogP contribution < -0.4 is 10.6 Å². The minimum atomic E-state index is -0.960. The fraction of sp³-hybridized carbons (Fsp3) is 0.800. The molecule has 4 amide bonds. The molecule has 0 aromatic rings. The predicted molar refractivity (Wildman–Crippen MR) is 89.4 cm³/mol. The number of hydrogen-bond acceptors (Lipinski definition) is 4. The van der Waals surface area contributed by atoms with Crippen LogP contribution in [0.3, 0.4) is 0 Å². The number of carbonyl (C=O) groups is 3. The average Bonchev–Trinajstić information content (AvgIpc) is 2.68. The molecular weight excluding hydrogens is 320 g/mol. The number of hydrogen-bond donors (Lipinski definition) is 2. The zero-order chi connectivity index (χ0) is 16.3. The van der Waals surface area contributed by atoms with E-state index in [9.17, 15) is 14.4 Å². The summed E-state index contributed by atoms with van der Waals surface area (Å²) in [5.74, 6) is 0.227. The molecule has 2 rings (SSSR count). The first-order chi connectivity index (χ1) is 10.4. The molecule has 2 saturated heterocycles. The number of carbonyl (C=O) groups excluding carboxylic acids is 3. The lowest BCUT2D eigenvalue weighted by molar-refractivity contribution is -0.134. The van der Waals surface area contributed by atoms with Gasteiger partial charge in [-0.1, -0.05) is 0 Å². The molecule has 0 saturated carbocycles. The van der Waals surface area contributed by atoms with Crippen LogP contribution in [0.15, 0.2) is 0 Å². The van der Waals surface area contributed by atoms with Gasteiger partial charge in [-0.15, -0.1) is 12.4 Å². The van der Waals surface area contributed by atoms with Crippen molar-refractivity contribution in [2.45, 2.75) is 38.6 Å². The molecule has 0 aromatic heterocycles. The van der Waals surface area contributed by atoms with Gasteiger partial charge in [0.05, 0.1) is 0 Å². The molecule has 132 valence electrons. The van der Waals surface area contributed by atoms with Crippen LogP contribution in [0.2, 0.25) is 0 Å². The first kappa shape index (κ1) is 19.7. The Bertz CT molecular complexity index is 462. The molecule has 2 aliphatic rings. The summed E-state index contributed by atoms with van der Waals surface area (Å²) in [5, 5.41) is 5.42. The Morgan fingerprint density at radius 2 is 1.91 bits per heavy atom. The zero-order valence-electron chi connectivity index (χ0n) is 14.1. The third-order valence-corrected chi connectivity index (χ3v) is 4.76. The molecule has 2 aliphatic heterocycles. The van der Waals surface area contributed by atoms with E-state index in [1.807, 2.05) is 11.9 Å². The molecule has 7 nitrogen and oxygen atoms in total. The Morgan fingerprint density at radius 3 is 2.39 bits per heavy atom. The van der Waals surface area contributed by atoms with E-state index in [2.05, 4.69) is 10.6 Å². The Balaban J connectivity index is 0.00000264. The molecule has 2 heterocycles. The Kier molecular flexibility index (Phi) is 6.83. The van der Waals surface area contributed by atoms with E-state index in [1.54, 1.807) is 13.8 Å². The second-order valence-electron chi connectivity index (χ2n) is 6.62. The number of rotatable bonds is 5. The minimum Gasteiger partial charge on any atom is -0.341 e. The van der Waals surface area contributed by atoms with Gasteiger partial charge in [0.15, 0.2) is 0 Å². The summed E-state index contributed by atoms with van der Waals surface area (Å²) in [5.41, 5.74) is -0.960. The lowest BCUT2D eigenvalue weighted by atomic mass is 9.93. The summed E-state index contributed by atoms with van der Waals surface area (Å²) < 4.78 is 0. The van der Waals surface area contributed by atoms with Gasteiger partial charge in [-0.25, -0.2) is 4.79 Å². The molecule has 0 spiro atoms. The highest BCUT2D eigenvalue weighted by molar-refractivity contribution is 6.07. The van der Waals surface area contributed by atoms with Gasteiger partial charge in [0, 0.05) is 13.1 Å². The summed E-state index contributed by atoms with van der Waals surface area (Å²) in [4.78, 5) is 39.0. The second kappa shape index (κ2) is 7.97. The fourth-order valence-corrected chi connectivity index (χ4v) is 3.02. The first-order valence-electron chi connectivity index (χ1n) is 7.91. The van der Waals surface area contributed by atoms with Gasteiger partial charge in [-0.2, -0.15) is 0 Å². The van der Waals surface area contributed by atoms with E-state index >= 15 is 0 Å². The Hall–Kier alpha value is -1.34. The summed E-state index contributed by atoms with van der Waals surface area (Å²) >= 11 is 0. The van der Waals surface area contributed by atoms with E-state index < -0.39 is 11.6 Å². The van der Waals surface area contributed by atoms with E-state index in [4.69, 9.17) is 0 Å². The third-order valence-electron chi connectivity index (χ3n) is 4.76. The predicted octanol–water partition coefficient (Wildman–Crippen LogP) is 0.587. The van der Waals surface area contributed by atoms with Crippen LogP contribution in [0.4, 0.5) is 4.79 Å². The van der Waals surface area contributed by atoms with Gasteiger partial charge in [0.25, 0.3) is 5.91 Å². The lowest BCUT2D eigenvalue weighted by Crippen LogP contribution is -2.51. The highest BCUT2D eigenvalue weighted by Crippen LogP contribution is 2.23. The van der Waals surface area contributed by atoms with E-state index in [0.717, 1.165) is 38.9 Å². The van der Waals surface area contributed by atoms with E-state index in [1.165, 1.54) is 4.90 Å². The molecule has 0 bridgehead atoms. The van der Waals surface area contributed by atoms with E-state index in [-0.39, 0.29) is 30.8 Å². The number of piperidine rings is 1. The first-order valence-corrected chi connectivity index (χ1v) is 7.91. The van der Waals surface area contributed by atoms with Crippen molar-refractivity contribution in [2.75, 3.05) is 33.2 Å². The SMILES string of the molecule is CNCCC1CCN(C(=O)CN2C(=O)NC(=O)C2(C)C)CC1.Cl. The summed E-state index contributed by atoms with van der Waals surface area (Å²) in [6.45, 7) is 5.75. The maximum atomic E-state index is 12.4. The summed E-state index contributed by atoms with van der Waals surface area (Å²) in [7, 11) is 1.95. The summed E-state index contributed by atoms with van der Waals surface area (Å²) in [6.07, 6.45) is 3.14. The number of imide groups is 1. The van der Waals surface area contributed by atoms with Crippen LogP contribution in [-0.4, -0.2) is 66.4 Å². The number of nitrogens with zero attached hydrogens (tertiary/aromatic N) is 2. The van der Waals surface area contributed by atoms with Gasteiger partial charge in [0.1, 0.15) is 12.1 Å². The standard InChI is InChI=1S/C15H26N4O3.ClH/c1-15(2)13(21)17-14(22)19(15)10-12(20)18-8-5-11(6-9-18)4-7-16-3;/h11,16H,4-10H2,1-3H3,(H,17,21,22);1H. The van der Waals surface area contributed by atoms with Gasteiger partial charge >= 0.3 is 6.03 Å². The van der Waals surface area contributed by atoms with Crippen LogP contribution in [0.25, 0.3) is 0 Å². The van der Waals surface area contributed by atoms with Crippen molar-refractivity contribution in [3.8, 4) is 0 Å².